The van der Waals surface area contributed by atoms with Gasteiger partial charge in [-0.3, -0.25) is 4.79 Å². The first kappa shape index (κ1) is 14.5. The number of hydrogen-bond donors (Lipinski definition) is 2. The Kier molecular flexibility index (Phi) is 4.70. The van der Waals surface area contributed by atoms with E-state index >= 15 is 0 Å². The van der Waals surface area contributed by atoms with E-state index in [9.17, 15) is 9.18 Å². The number of nitrogens with zero attached hydrogens (tertiary/aromatic N) is 3. The van der Waals surface area contributed by atoms with Crippen molar-refractivity contribution >= 4 is 17.7 Å². The van der Waals surface area contributed by atoms with E-state index in [2.05, 4.69) is 20.6 Å². The molecule has 110 valence electrons. The first-order chi connectivity index (χ1) is 9.67. The van der Waals surface area contributed by atoms with Gasteiger partial charge in [-0.05, 0) is 12.8 Å². The Morgan fingerprint density at radius 3 is 3.05 bits per heavy atom. The fourth-order valence-corrected chi connectivity index (χ4v) is 2.26. The summed E-state index contributed by atoms with van der Waals surface area (Å²) in [5, 5.41) is 5.82. The van der Waals surface area contributed by atoms with Gasteiger partial charge in [0, 0.05) is 19.6 Å². The number of anilines is 2. The van der Waals surface area contributed by atoms with Crippen molar-refractivity contribution in [2.75, 3.05) is 29.9 Å². The summed E-state index contributed by atoms with van der Waals surface area (Å²) in [5.41, 5.74) is 0. The first-order valence-corrected chi connectivity index (χ1v) is 6.98. The minimum Gasteiger partial charge on any atom is -0.354 e. The molecule has 1 aromatic rings. The molecular weight excluding hydrogens is 261 g/mol. The Labute approximate surface area is 117 Å². The summed E-state index contributed by atoms with van der Waals surface area (Å²) >= 11 is 0. The van der Waals surface area contributed by atoms with Crippen LogP contribution in [0.25, 0.3) is 0 Å². The largest absolute Gasteiger partial charge is 0.354 e. The summed E-state index contributed by atoms with van der Waals surface area (Å²) in [4.78, 5) is 21.7. The molecule has 2 rings (SSSR count). The highest BCUT2D eigenvalue weighted by atomic mass is 19.1. The number of carbonyl (C=O) groups is 1. The quantitative estimate of drug-likeness (QED) is 0.847. The van der Waals surface area contributed by atoms with Gasteiger partial charge in [0.05, 0.1) is 6.20 Å². The van der Waals surface area contributed by atoms with Gasteiger partial charge in [-0.2, -0.15) is 4.98 Å². The summed E-state index contributed by atoms with van der Waals surface area (Å²) < 4.78 is 14.0. The van der Waals surface area contributed by atoms with Crippen LogP contribution in [0.5, 0.6) is 0 Å². The molecule has 0 radical (unpaired) electrons. The van der Waals surface area contributed by atoms with Crippen molar-refractivity contribution in [3.63, 3.8) is 0 Å². The topological polar surface area (TPSA) is 70.2 Å². The van der Waals surface area contributed by atoms with Gasteiger partial charge in [-0.25, -0.2) is 9.37 Å². The van der Waals surface area contributed by atoms with Gasteiger partial charge < -0.3 is 15.5 Å². The number of piperazine rings is 1. The van der Waals surface area contributed by atoms with Crippen molar-refractivity contribution in [2.24, 2.45) is 0 Å². The van der Waals surface area contributed by atoms with Gasteiger partial charge in [-0.15, -0.1) is 0 Å². The van der Waals surface area contributed by atoms with Gasteiger partial charge in [0.2, 0.25) is 11.9 Å². The first-order valence-electron chi connectivity index (χ1n) is 6.98. The number of hydrogen-bond acceptors (Lipinski definition) is 5. The zero-order valence-corrected chi connectivity index (χ0v) is 11.8. The number of rotatable bonds is 5. The molecule has 20 heavy (non-hydrogen) atoms. The van der Waals surface area contributed by atoms with E-state index in [1.54, 1.807) is 4.90 Å². The number of nitrogens with one attached hydrogen (secondary N) is 2. The molecule has 1 atom stereocenters. The average Bonchev–Trinajstić information content (AvgIpc) is 2.46. The molecule has 7 heteroatoms. The monoisotopic (exact) mass is 281 g/mol. The molecule has 1 fully saturated rings. The Bertz CT molecular complexity index is 482. The number of aromatic nitrogens is 2. The second kappa shape index (κ2) is 6.49. The lowest BCUT2D eigenvalue weighted by Gasteiger charge is -2.35. The second-order valence-corrected chi connectivity index (χ2v) is 4.70. The molecule has 0 saturated carbocycles. The smallest absolute Gasteiger partial charge is 0.242 e. The van der Waals surface area contributed by atoms with E-state index in [1.807, 2.05) is 13.8 Å². The highest BCUT2D eigenvalue weighted by Crippen LogP contribution is 2.22. The Morgan fingerprint density at radius 1 is 1.55 bits per heavy atom. The maximum Gasteiger partial charge on any atom is 0.242 e. The molecule has 1 aliphatic heterocycles. The SMILES string of the molecule is CCCNc1ncc(F)c(N2CCNC(=O)C2CC)n1. The van der Waals surface area contributed by atoms with Crippen LogP contribution in [0, 0.1) is 5.82 Å². The molecule has 6 nitrogen and oxygen atoms in total. The third-order valence-electron chi connectivity index (χ3n) is 3.25. The molecule has 1 unspecified atom stereocenters. The second-order valence-electron chi connectivity index (χ2n) is 4.70. The van der Waals surface area contributed by atoms with Gasteiger partial charge in [0.25, 0.3) is 0 Å². The van der Waals surface area contributed by atoms with E-state index in [4.69, 9.17) is 0 Å². The lowest BCUT2D eigenvalue weighted by atomic mass is 10.1. The highest BCUT2D eigenvalue weighted by Gasteiger charge is 2.31. The van der Waals surface area contributed by atoms with Crippen LogP contribution < -0.4 is 15.5 Å². The number of halogens is 1. The summed E-state index contributed by atoms with van der Waals surface area (Å²) in [5.74, 6) is 0.00409. The molecule has 0 spiro atoms. The zero-order valence-electron chi connectivity index (χ0n) is 11.8. The minimum absolute atomic E-state index is 0.0835. The zero-order chi connectivity index (χ0) is 14.5. The fraction of sp³-hybridized carbons (Fsp3) is 0.615. The molecule has 0 bridgehead atoms. The average molecular weight is 281 g/mol. The van der Waals surface area contributed by atoms with Crippen LogP contribution in [0.15, 0.2) is 6.20 Å². The molecule has 1 aromatic heterocycles. The van der Waals surface area contributed by atoms with Crippen LogP contribution in [-0.2, 0) is 4.79 Å². The summed E-state index contributed by atoms with van der Waals surface area (Å²) in [7, 11) is 0. The van der Waals surface area contributed by atoms with Crippen molar-refractivity contribution in [1.82, 2.24) is 15.3 Å². The Morgan fingerprint density at radius 2 is 2.35 bits per heavy atom. The van der Waals surface area contributed by atoms with Gasteiger partial charge in [-0.1, -0.05) is 13.8 Å². The number of amides is 1. The van der Waals surface area contributed by atoms with Crippen LogP contribution in [-0.4, -0.2) is 41.6 Å². The number of carbonyl (C=O) groups excluding carboxylic acids is 1. The standard InChI is InChI=1S/C13H20FN5O/c1-3-5-16-13-17-8-9(14)11(18-13)19-7-6-15-12(20)10(19)4-2/h8,10H,3-7H2,1-2H3,(H,15,20)(H,16,17,18). The van der Waals surface area contributed by atoms with Crippen LogP contribution in [0.4, 0.5) is 16.2 Å². The molecule has 1 saturated heterocycles. The van der Waals surface area contributed by atoms with Crippen LogP contribution in [0.2, 0.25) is 0 Å². The molecule has 0 aliphatic carbocycles. The van der Waals surface area contributed by atoms with E-state index in [0.717, 1.165) is 19.2 Å². The molecule has 1 aliphatic rings. The van der Waals surface area contributed by atoms with Crippen molar-refractivity contribution in [1.29, 1.82) is 0 Å². The Balaban J connectivity index is 2.27. The van der Waals surface area contributed by atoms with Gasteiger partial charge in [0.1, 0.15) is 6.04 Å². The predicted molar refractivity (Wildman–Crippen MR) is 75.2 cm³/mol. The molecule has 1 amide bonds. The third-order valence-corrected chi connectivity index (χ3v) is 3.25. The summed E-state index contributed by atoms with van der Waals surface area (Å²) in [6.45, 7) is 5.70. The fourth-order valence-electron chi connectivity index (χ4n) is 2.26. The summed E-state index contributed by atoms with van der Waals surface area (Å²) in [6, 6.07) is -0.382. The highest BCUT2D eigenvalue weighted by molar-refractivity contribution is 5.86. The van der Waals surface area contributed by atoms with E-state index in [0.29, 0.717) is 25.5 Å². The van der Waals surface area contributed by atoms with Crippen molar-refractivity contribution < 1.29 is 9.18 Å². The predicted octanol–water partition coefficient (Wildman–Crippen LogP) is 1.15. The van der Waals surface area contributed by atoms with Crippen molar-refractivity contribution in [3.8, 4) is 0 Å². The lowest BCUT2D eigenvalue weighted by Crippen LogP contribution is -2.55. The van der Waals surface area contributed by atoms with E-state index in [-0.39, 0.29) is 17.8 Å². The van der Waals surface area contributed by atoms with Crippen LogP contribution in [0.3, 0.4) is 0 Å². The van der Waals surface area contributed by atoms with Crippen LogP contribution >= 0.6 is 0 Å². The van der Waals surface area contributed by atoms with E-state index < -0.39 is 5.82 Å². The summed E-state index contributed by atoms with van der Waals surface area (Å²) in [6.07, 6.45) is 2.69. The lowest BCUT2D eigenvalue weighted by molar-refractivity contribution is -0.123. The maximum absolute atomic E-state index is 14.0. The maximum atomic E-state index is 14.0. The Hall–Kier alpha value is -1.92. The van der Waals surface area contributed by atoms with Gasteiger partial charge in [0.15, 0.2) is 11.6 Å². The minimum atomic E-state index is -0.500. The van der Waals surface area contributed by atoms with E-state index in [1.165, 1.54) is 0 Å². The third kappa shape index (κ3) is 2.97. The van der Waals surface area contributed by atoms with Crippen molar-refractivity contribution in [3.05, 3.63) is 12.0 Å². The molecule has 2 heterocycles. The van der Waals surface area contributed by atoms with Gasteiger partial charge >= 0.3 is 0 Å². The normalized spacial score (nSPS) is 18.9. The molecule has 2 N–H and O–H groups in total. The molecular formula is C13H20FN5O. The van der Waals surface area contributed by atoms with Crippen LogP contribution in [0.1, 0.15) is 26.7 Å². The molecule has 0 aromatic carbocycles. The van der Waals surface area contributed by atoms with Crippen molar-refractivity contribution in [2.45, 2.75) is 32.7 Å².